The fourth-order valence-corrected chi connectivity index (χ4v) is 2.71. The van der Waals surface area contributed by atoms with Crippen LogP contribution in [-0.4, -0.2) is 6.54 Å². The van der Waals surface area contributed by atoms with Crippen molar-refractivity contribution in [3.8, 4) is 11.8 Å². The van der Waals surface area contributed by atoms with Crippen LogP contribution in [0.5, 0.6) is 0 Å². The highest BCUT2D eigenvalue weighted by molar-refractivity contribution is 7.10. The highest BCUT2D eigenvalue weighted by Gasteiger charge is 1.99. The van der Waals surface area contributed by atoms with Crippen molar-refractivity contribution in [3.63, 3.8) is 0 Å². The molecular formula is C13H13NOS2. The van der Waals surface area contributed by atoms with Gasteiger partial charge in [-0.2, -0.15) is 0 Å². The van der Waals surface area contributed by atoms with Crippen LogP contribution >= 0.6 is 22.7 Å². The van der Waals surface area contributed by atoms with E-state index in [4.69, 9.17) is 10.5 Å². The van der Waals surface area contributed by atoms with Crippen molar-refractivity contribution in [2.45, 2.75) is 13.2 Å². The maximum Gasteiger partial charge on any atom is 0.0814 e. The molecule has 2 aromatic heterocycles. The number of hydrogen-bond acceptors (Lipinski definition) is 4. The molecule has 0 aromatic carbocycles. The van der Waals surface area contributed by atoms with Crippen molar-refractivity contribution in [3.05, 3.63) is 44.3 Å². The second-order valence-corrected chi connectivity index (χ2v) is 5.41. The zero-order valence-corrected chi connectivity index (χ0v) is 10.9. The van der Waals surface area contributed by atoms with Gasteiger partial charge in [0.25, 0.3) is 0 Å². The molecule has 0 bridgehead atoms. The topological polar surface area (TPSA) is 35.2 Å². The molecule has 17 heavy (non-hydrogen) atoms. The third-order valence-corrected chi connectivity index (χ3v) is 3.82. The Labute approximate surface area is 109 Å². The fourth-order valence-electron chi connectivity index (χ4n) is 1.32. The van der Waals surface area contributed by atoms with E-state index in [9.17, 15) is 0 Å². The summed E-state index contributed by atoms with van der Waals surface area (Å²) in [6.45, 7) is 1.73. The minimum absolute atomic E-state index is 0.403. The summed E-state index contributed by atoms with van der Waals surface area (Å²) in [5.41, 5.74) is 6.35. The summed E-state index contributed by atoms with van der Waals surface area (Å²) in [4.78, 5) is 2.45. The van der Waals surface area contributed by atoms with E-state index in [2.05, 4.69) is 29.4 Å². The van der Waals surface area contributed by atoms with Crippen LogP contribution < -0.4 is 5.73 Å². The summed E-state index contributed by atoms with van der Waals surface area (Å²) in [5, 5.41) is 4.09. The van der Waals surface area contributed by atoms with Gasteiger partial charge in [-0.1, -0.05) is 17.9 Å². The first-order chi connectivity index (χ1) is 8.38. The molecule has 0 saturated heterocycles. The highest BCUT2D eigenvalue weighted by Crippen LogP contribution is 2.16. The molecule has 0 atom stereocenters. The Bertz CT molecular complexity index is 505. The molecule has 2 rings (SSSR count). The largest absolute Gasteiger partial charge is 0.370 e. The van der Waals surface area contributed by atoms with Gasteiger partial charge in [0.15, 0.2) is 0 Å². The fraction of sp³-hybridized carbons (Fsp3) is 0.231. The number of rotatable bonds is 4. The standard InChI is InChI=1S/C13H13NOS2/c14-5-1-3-11-7-13(17-10-11)9-15-8-12-4-2-6-16-12/h2,4,6-7,10H,5,8-9,14H2. The van der Waals surface area contributed by atoms with Crippen molar-refractivity contribution < 1.29 is 4.74 Å². The third-order valence-electron chi connectivity index (χ3n) is 2.06. The van der Waals surface area contributed by atoms with E-state index in [1.165, 1.54) is 9.75 Å². The molecular weight excluding hydrogens is 250 g/mol. The van der Waals surface area contributed by atoms with Gasteiger partial charge in [0.1, 0.15) is 0 Å². The van der Waals surface area contributed by atoms with E-state index in [1.54, 1.807) is 22.7 Å². The van der Waals surface area contributed by atoms with E-state index >= 15 is 0 Å². The molecule has 2 nitrogen and oxygen atoms in total. The summed E-state index contributed by atoms with van der Waals surface area (Å²) in [6.07, 6.45) is 0. The second-order valence-electron chi connectivity index (χ2n) is 3.38. The van der Waals surface area contributed by atoms with Gasteiger partial charge in [0, 0.05) is 20.7 Å². The average molecular weight is 263 g/mol. The Morgan fingerprint density at radius 2 is 2.12 bits per heavy atom. The van der Waals surface area contributed by atoms with Crippen LogP contribution in [0.1, 0.15) is 15.3 Å². The molecule has 0 spiro atoms. The lowest BCUT2D eigenvalue weighted by Gasteiger charge is -1.99. The van der Waals surface area contributed by atoms with Crippen LogP contribution in [0.4, 0.5) is 0 Å². The number of nitrogens with two attached hydrogens (primary N) is 1. The van der Waals surface area contributed by atoms with Gasteiger partial charge < -0.3 is 10.5 Å². The lowest BCUT2D eigenvalue weighted by molar-refractivity contribution is 0.111. The summed E-state index contributed by atoms with van der Waals surface area (Å²) in [5.74, 6) is 5.85. The first kappa shape index (κ1) is 12.3. The maximum atomic E-state index is 5.63. The van der Waals surface area contributed by atoms with Crippen molar-refractivity contribution in [1.82, 2.24) is 0 Å². The molecule has 2 aromatic rings. The van der Waals surface area contributed by atoms with Gasteiger partial charge in [-0.15, -0.1) is 22.7 Å². The van der Waals surface area contributed by atoms with Crippen molar-refractivity contribution in [1.29, 1.82) is 0 Å². The Morgan fingerprint density at radius 1 is 1.24 bits per heavy atom. The molecule has 88 valence electrons. The molecule has 0 amide bonds. The normalized spacial score (nSPS) is 9.94. The third kappa shape index (κ3) is 3.99. The van der Waals surface area contributed by atoms with E-state index in [1.807, 2.05) is 11.4 Å². The average Bonchev–Trinajstić information content (AvgIpc) is 2.98. The SMILES string of the molecule is NCC#Cc1csc(COCc2cccs2)c1. The predicted molar refractivity (Wildman–Crippen MR) is 73.1 cm³/mol. The first-order valence-corrected chi connectivity index (χ1v) is 7.01. The Kier molecular flexibility index (Phi) is 4.77. The molecule has 2 N–H and O–H groups in total. The second kappa shape index (κ2) is 6.58. The molecule has 4 heteroatoms. The lowest BCUT2D eigenvalue weighted by atomic mass is 10.3. The molecule has 0 fully saturated rings. The van der Waals surface area contributed by atoms with Gasteiger partial charge >= 0.3 is 0 Å². The Morgan fingerprint density at radius 3 is 2.88 bits per heavy atom. The zero-order valence-electron chi connectivity index (χ0n) is 9.31. The van der Waals surface area contributed by atoms with Gasteiger partial charge in [-0.05, 0) is 17.5 Å². The molecule has 0 aliphatic carbocycles. The monoisotopic (exact) mass is 263 g/mol. The molecule has 2 heterocycles. The Hall–Kier alpha value is -1.12. The Balaban J connectivity index is 1.81. The molecule has 0 saturated carbocycles. The lowest BCUT2D eigenvalue weighted by Crippen LogP contribution is -1.92. The minimum atomic E-state index is 0.403. The summed E-state index contributed by atoms with van der Waals surface area (Å²) < 4.78 is 5.63. The smallest absolute Gasteiger partial charge is 0.0814 e. The van der Waals surface area contributed by atoms with E-state index in [-0.39, 0.29) is 0 Å². The minimum Gasteiger partial charge on any atom is -0.370 e. The quantitative estimate of drug-likeness (QED) is 0.861. The van der Waals surface area contributed by atoms with Gasteiger partial charge in [0.05, 0.1) is 19.8 Å². The van der Waals surface area contributed by atoms with Crippen molar-refractivity contribution >= 4 is 22.7 Å². The van der Waals surface area contributed by atoms with E-state index < -0.39 is 0 Å². The summed E-state index contributed by atoms with van der Waals surface area (Å²) >= 11 is 3.39. The summed E-state index contributed by atoms with van der Waals surface area (Å²) in [7, 11) is 0. The van der Waals surface area contributed by atoms with Crippen molar-refractivity contribution in [2.75, 3.05) is 6.54 Å². The van der Waals surface area contributed by atoms with Gasteiger partial charge in [-0.3, -0.25) is 0 Å². The molecule has 0 unspecified atom stereocenters. The van der Waals surface area contributed by atoms with Crippen LogP contribution in [0.2, 0.25) is 0 Å². The van der Waals surface area contributed by atoms with E-state index in [0.717, 1.165) is 5.56 Å². The van der Waals surface area contributed by atoms with E-state index in [0.29, 0.717) is 19.8 Å². The van der Waals surface area contributed by atoms with Crippen LogP contribution in [0.25, 0.3) is 0 Å². The van der Waals surface area contributed by atoms with Gasteiger partial charge in [0.2, 0.25) is 0 Å². The zero-order chi connectivity index (χ0) is 11.9. The molecule has 0 radical (unpaired) electrons. The first-order valence-electron chi connectivity index (χ1n) is 5.25. The van der Waals surface area contributed by atoms with Gasteiger partial charge in [-0.25, -0.2) is 0 Å². The maximum absolute atomic E-state index is 5.63. The highest BCUT2D eigenvalue weighted by atomic mass is 32.1. The number of ether oxygens (including phenoxy) is 1. The van der Waals surface area contributed by atoms with Crippen LogP contribution in [-0.2, 0) is 18.0 Å². The van der Waals surface area contributed by atoms with Crippen LogP contribution in [0.15, 0.2) is 29.0 Å². The number of thiophene rings is 2. The number of hydrogen-bond donors (Lipinski definition) is 1. The predicted octanol–water partition coefficient (Wildman–Crippen LogP) is 2.84. The summed E-state index contributed by atoms with van der Waals surface area (Å²) in [6, 6.07) is 6.17. The van der Waals surface area contributed by atoms with Crippen LogP contribution in [0.3, 0.4) is 0 Å². The molecule has 0 aliphatic heterocycles. The van der Waals surface area contributed by atoms with Crippen LogP contribution in [0, 0.1) is 11.8 Å². The molecule has 0 aliphatic rings. The van der Waals surface area contributed by atoms with Crippen molar-refractivity contribution in [2.24, 2.45) is 5.73 Å².